The van der Waals surface area contributed by atoms with Gasteiger partial charge in [0.1, 0.15) is 12.3 Å². The lowest BCUT2D eigenvalue weighted by molar-refractivity contribution is -0.885. The van der Waals surface area contributed by atoms with Crippen LogP contribution in [0.2, 0.25) is 0 Å². The molecule has 0 aliphatic rings. The minimum absolute atomic E-state index is 0.0400. The van der Waals surface area contributed by atoms with Crippen molar-refractivity contribution in [3.05, 3.63) is 29.8 Å². The Hall–Kier alpha value is -2.08. The van der Waals surface area contributed by atoms with E-state index in [1.54, 1.807) is 21.2 Å². The quantitative estimate of drug-likeness (QED) is 0.672. The molecular weight excluding hydrogens is 270 g/mol. The number of carbonyl (C=O) groups is 2. The molecule has 0 aliphatic heterocycles. The number of likely N-dealkylation sites (N-methyl/N-ethyl adjacent to an activating group) is 2. The Morgan fingerprint density at radius 2 is 2.05 bits per heavy atom. The van der Waals surface area contributed by atoms with Crippen molar-refractivity contribution in [3.63, 3.8) is 0 Å². The van der Waals surface area contributed by atoms with Gasteiger partial charge in [-0.3, -0.25) is 9.59 Å². The second-order valence-electron chi connectivity index (χ2n) is 5.23. The molecule has 1 aromatic carbocycles. The van der Waals surface area contributed by atoms with Crippen LogP contribution in [0.3, 0.4) is 0 Å². The molecule has 0 fully saturated rings. The number of hydrogen-bond donors (Lipinski definition) is 2. The molecule has 1 unspecified atom stereocenters. The fourth-order valence-corrected chi connectivity index (χ4v) is 1.86. The van der Waals surface area contributed by atoms with Crippen LogP contribution in [0, 0.1) is 0 Å². The number of hydrogen-bond acceptors (Lipinski definition) is 3. The molecule has 0 bridgehead atoms. The summed E-state index contributed by atoms with van der Waals surface area (Å²) in [7, 11) is 6.89. The van der Waals surface area contributed by atoms with E-state index in [0.29, 0.717) is 13.1 Å². The predicted octanol–water partition coefficient (Wildman–Crippen LogP) is -1.09. The maximum atomic E-state index is 11.8. The van der Waals surface area contributed by atoms with Crippen molar-refractivity contribution in [2.75, 3.05) is 41.3 Å². The molecule has 0 heterocycles. The van der Waals surface area contributed by atoms with E-state index < -0.39 is 0 Å². The van der Waals surface area contributed by atoms with Gasteiger partial charge in [0.25, 0.3) is 5.91 Å². The number of nitrogens with one attached hydrogen (secondary N) is 2. The molecule has 116 valence electrons. The number of nitrogens with zero attached hydrogens (tertiary/aromatic N) is 1. The smallest absolute Gasteiger partial charge is 0.275 e. The summed E-state index contributed by atoms with van der Waals surface area (Å²) in [6, 6.07) is 7.77. The molecule has 0 saturated heterocycles. The molecule has 2 amide bonds. The van der Waals surface area contributed by atoms with Crippen LogP contribution in [-0.4, -0.2) is 58.1 Å². The van der Waals surface area contributed by atoms with Gasteiger partial charge in [0, 0.05) is 19.7 Å². The Bertz CT molecular complexity index is 489. The predicted molar refractivity (Wildman–Crippen MR) is 80.2 cm³/mol. The molecule has 0 spiro atoms. The van der Waals surface area contributed by atoms with E-state index in [-0.39, 0.29) is 18.4 Å². The van der Waals surface area contributed by atoms with Gasteiger partial charge in [0.05, 0.1) is 20.7 Å². The van der Waals surface area contributed by atoms with E-state index in [2.05, 4.69) is 5.32 Å². The highest BCUT2D eigenvalue weighted by molar-refractivity contribution is 5.84. The Morgan fingerprint density at radius 3 is 2.67 bits per heavy atom. The van der Waals surface area contributed by atoms with Crippen LogP contribution in [0.1, 0.15) is 5.56 Å². The van der Waals surface area contributed by atoms with E-state index in [0.717, 1.165) is 16.2 Å². The number of carbonyl (C=O) groups excluding carboxylic acids is 2. The van der Waals surface area contributed by atoms with E-state index >= 15 is 0 Å². The maximum Gasteiger partial charge on any atom is 0.275 e. The highest BCUT2D eigenvalue weighted by Gasteiger charge is 2.12. The molecule has 0 aromatic heterocycles. The minimum atomic E-state index is -0.134. The normalized spacial score (nSPS) is 11.6. The Labute approximate surface area is 125 Å². The van der Waals surface area contributed by atoms with Crippen LogP contribution in [0.25, 0.3) is 0 Å². The van der Waals surface area contributed by atoms with Crippen molar-refractivity contribution in [1.82, 2.24) is 10.2 Å². The molecule has 21 heavy (non-hydrogen) atoms. The minimum Gasteiger partial charge on any atom is -0.497 e. The summed E-state index contributed by atoms with van der Waals surface area (Å²) in [6.07, 6.45) is 0. The lowest BCUT2D eigenvalue weighted by atomic mass is 10.2. The zero-order valence-corrected chi connectivity index (χ0v) is 13.1. The van der Waals surface area contributed by atoms with Crippen LogP contribution < -0.4 is 15.0 Å². The molecule has 6 heteroatoms. The summed E-state index contributed by atoms with van der Waals surface area (Å²) in [5.41, 5.74) is 1.10. The fraction of sp³-hybridized carbons (Fsp3) is 0.467. The molecule has 6 nitrogen and oxygen atoms in total. The first-order valence-electron chi connectivity index (χ1n) is 6.83. The average Bonchev–Trinajstić information content (AvgIpc) is 2.44. The maximum absolute atomic E-state index is 11.8. The summed E-state index contributed by atoms with van der Waals surface area (Å²) in [5, 5.41) is 2.63. The van der Waals surface area contributed by atoms with Gasteiger partial charge in [-0.2, -0.15) is 0 Å². The van der Waals surface area contributed by atoms with Gasteiger partial charge in [-0.1, -0.05) is 12.1 Å². The van der Waals surface area contributed by atoms with Gasteiger partial charge in [-0.25, -0.2) is 0 Å². The summed E-state index contributed by atoms with van der Waals surface area (Å²) in [4.78, 5) is 25.6. The van der Waals surface area contributed by atoms with Gasteiger partial charge in [0.15, 0.2) is 6.54 Å². The van der Waals surface area contributed by atoms with Crippen molar-refractivity contribution >= 4 is 11.8 Å². The number of rotatable bonds is 7. The van der Waals surface area contributed by atoms with E-state index in [4.69, 9.17) is 4.74 Å². The number of methoxy groups -OCH3 is 1. The third-order valence-corrected chi connectivity index (χ3v) is 3.04. The number of ether oxygens (including phenoxy) is 1. The number of quaternary nitrogens is 1. The molecule has 1 atom stereocenters. The monoisotopic (exact) mass is 294 g/mol. The molecule has 1 aromatic rings. The first kappa shape index (κ1) is 17.0. The van der Waals surface area contributed by atoms with E-state index in [1.165, 1.54) is 4.90 Å². The third-order valence-electron chi connectivity index (χ3n) is 3.04. The summed E-state index contributed by atoms with van der Waals surface area (Å²) in [5.74, 6) is 0.556. The van der Waals surface area contributed by atoms with Gasteiger partial charge in [0.2, 0.25) is 5.91 Å². The van der Waals surface area contributed by atoms with Crippen LogP contribution >= 0.6 is 0 Å². The number of amides is 2. The third kappa shape index (κ3) is 6.27. The van der Waals surface area contributed by atoms with Crippen LogP contribution in [0.4, 0.5) is 0 Å². The van der Waals surface area contributed by atoms with Gasteiger partial charge < -0.3 is 19.9 Å². The first-order chi connectivity index (χ1) is 9.92. The first-order valence-corrected chi connectivity index (χ1v) is 6.83. The Kier molecular flexibility index (Phi) is 6.68. The van der Waals surface area contributed by atoms with Crippen LogP contribution in [-0.2, 0) is 16.1 Å². The van der Waals surface area contributed by atoms with Crippen molar-refractivity contribution in [2.24, 2.45) is 0 Å². The fourth-order valence-electron chi connectivity index (χ4n) is 1.86. The van der Waals surface area contributed by atoms with Crippen LogP contribution in [0.5, 0.6) is 5.75 Å². The molecule has 2 N–H and O–H groups in total. The Morgan fingerprint density at radius 1 is 1.33 bits per heavy atom. The zero-order valence-electron chi connectivity index (χ0n) is 13.1. The highest BCUT2D eigenvalue weighted by atomic mass is 16.5. The molecular formula is C15H24N3O3+. The molecule has 0 radical (unpaired) electrons. The van der Waals surface area contributed by atoms with Gasteiger partial charge in [-0.15, -0.1) is 0 Å². The summed E-state index contributed by atoms with van der Waals surface area (Å²) >= 11 is 0. The van der Waals surface area contributed by atoms with Crippen molar-refractivity contribution in [3.8, 4) is 5.75 Å². The highest BCUT2D eigenvalue weighted by Crippen LogP contribution is 2.11. The van der Waals surface area contributed by atoms with Gasteiger partial charge >= 0.3 is 0 Å². The average molecular weight is 294 g/mol. The largest absolute Gasteiger partial charge is 0.497 e. The molecule has 0 aliphatic carbocycles. The van der Waals surface area contributed by atoms with Crippen molar-refractivity contribution in [1.29, 1.82) is 0 Å². The van der Waals surface area contributed by atoms with E-state index in [1.807, 2.05) is 31.3 Å². The lowest BCUT2D eigenvalue weighted by Crippen LogP contribution is -3.08. The van der Waals surface area contributed by atoms with Crippen molar-refractivity contribution in [2.45, 2.75) is 6.54 Å². The zero-order chi connectivity index (χ0) is 15.8. The second kappa shape index (κ2) is 8.26. The number of benzene rings is 1. The van der Waals surface area contributed by atoms with Gasteiger partial charge in [-0.05, 0) is 12.1 Å². The Balaban J connectivity index is 2.40. The summed E-state index contributed by atoms with van der Waals surface area (Å²) in [6.45, 7) is 1.07. The standard InChI is InChI=1S/C15H23N3O3/c1-17(2)15(20)9-16-14(19)11-18(3)10-12-6-5-7-13(8-12)21-4/h5-8H,9-11H2,1-4H3,(H,16,19)/p+1. The second-order valence-corrected chi connectivity index (χ2v) is 5.23. The van der Waals surface area contributed by atoms with Crippen molar-refractivity contribution < 1.29 is 19.2 Å². The topological polar surface area (TPSA) is 63.1 Å². The van der Waals surface area contributed by atoms with Crippen LogP contribution in [0.15, 0.2) is 24.3 Å². The molecule has 0 saturated carbocycles. The summed E-state index contributed by atoms with van der Waals surface area (Å²) < 4.78 is 5.17. The SMILES string of the molecule is COc1cccc(C[NH+](C)CC(=O)NCC(=O)N(C)C)c1. The molecule has 1 rings (SSSR count). The van der Waals surface area contributed by atoms with E-state index in [9.17, 15) is 9.59 Å². The lowest BCUT2D eigenvalue weighted by Gasteiger charge is -2.15.